The summed E-state index contributed by atoms with van der Waals surface area (Å²) in [6, 6.07) is 3.77. The minimum atomic E-state index is -0.0859. The molecule has 0 atom stereocenters. The van der Waals surface area contributed by atoms with Gasteiger partial charge in [-0.1, -0.05) is 6.07 Å². The molecule has 0 spiro atoms. The molecule has 0 fully saturated rings. The number of rotatable bonds is 4. The maximum atomic E-state index is 11.9. The Balaban J connectivity index is 1.65. The van der Waals surface area contributed by atoms with Crippen molar-refractivity contribution in [2.24, 2.45) is 7.05 Å². The van der Waals surface area contributed by atoms with Crippen molar-refractivity contribution in [1.29, 1.82) is 0 Å². The van der Waals surface area contributed by atoms with Crippen LogP contribution in [0.25, 0.3) is 11.0 Å². The van der Waals surface area contributed by atoms with Crippen LogP contribution in [-0.4, -0.2) is 30.5 Å². The van der Waals surface area contributed by atoms with E-state index in [0.717, 1.165) is 22.3 Å². The molecule has 0 aliphatic rings. The normalized spacial score (nSPS) is 11.0. The van der Waals surface area contributed by atoms with E-state index in [4.69, 9.17) is 0 Å². The van der Waals surface area contributed by atoms with E-state index in [1.165, 1.54) is 0 Å². The molecule has 3 rings (SSSR count). The lowest BCUT2D eigenvalue weighted by atomic mass is 10.3. The number of pyridine rings is 1. The van der Waals surface area contributed by atoms with E-state index in [1.807, 2.05) is 32.3 Å². The van der Waals surface area contributed by atoms with Crippen molar-refractivity contribution in [2.45, 2.75) is 20.0 Å². The van der Waals surface area contributed by atoms with Gasteiger partial charge in [0.25, 0.3) is 0 Å². The van der Waals surface area contributed by atoms with Gasteiger partial charge in [-0.25, -0.2) is 0 Å². The quantitative estimate of drug-likeness (QED) is 0.768. The predicted octanol–water partition coefficient (Wildman–Crippen LogP) is 0.790. The molecule has 1 amide bonds. The molecule has 0 aliphatic heterocycles. The fourth-order valence-corrected chi connectivity index (χ4v) is 2.22. The molecule has 0 saturated carbocycles. The number of carbonyl (C=O) groups is 1. The van der Waals surface area contributed by atoms with E-state index >= 15 is 0 Å². The van der Waals surface area contributed by atoms with Crippen molar-refractivity contribution >= 4 is 16.9 Å². The summed E-state index contributed by atoms with van der Waals surface area (Å²) < 4.78 is 3.40. The molecule has 3 aromatic rings. The molecule has 0 unspecified atom stereocenters. The zero-order valence-corrected chi connectivity index (χ0v) is 11.9. The molecule has 0 saturated heterocycles. The van der Waals surface area contributed by atoms with Crippen molar-refractivity contribution in [1.82, 2.24) is 29.9 Å². The van der Waals surface area contributed by atoms with Crippen LogP contribution < -0.4 is 5.32 Å². The summed E-state index contributed by atoms with van der Waals surface area (Å²) >= 11 is 0. The number of nitrogens with one attached hydrogen (secondary N) is 1. The molecular formula is C14H16N6O. The fourth-order valence-electron chi connectivity index (χ4n) is 2.22. The highest BCUT2D eigenvalue weighted by Gasteiger charge is 2.11. The summed E-state index contributed by atoms with van der Waals surface area (Å²) in [5.41, 5.74) is 3.59. The maximum Gasteiger partial charge on any atom is 0.242 e. The zero-order valence-electron chi connectivity index (χ0n) is 11.9. The van der Waals surface area contributed by atoms with Crippen molar-refractivity contribution < 1.29 is 4.79 Å². The molecule has 0 bridgehead atoms. The Kier molecular flexibility index (Phi) is 3.39. The van der Waals surface area contributed by atoms with Gasteiger partial charge in [0.05, 0.1) is 11.9 Å². The van der Waals surface area contributed by atoms with Gasteiger partial charge in [-0.3, -0.25) is 19.1 Å². The van der Waals surface area contributed by atoms with E-state index in [-0.39, 0.29) is 12.5 Å². The Morgan fingerprint density at radius 1 is 1.38 bits per heavy atom. The number of fused-ring (bicyclic) bond motifs is 1. The van der Waals surface area contributed by atoms with E-state index in [1.54, 1.807) is 21.8 Å². The molecule has 7 heteroatoms. The Hall–Kier alpha value is -2.70. The third-order valence-corrected chi connectivity index (χ3v) is 3.25. The van der Waals surface area contributed by atoms with E-state index in [0.29, 0.717) is 6.54 Å². The Bertz CT molecular complexity index is 739. The van der Waals surface area contributed by atoms with Gasteiger partial charge in [-0.15, -0.1) is 0 Å². The molecule has 21 heavy (non-hydrogen) atoms. The SMILES string of the molecule is Cc1nn(C)c2cn(CC(=O)NCc3cccnc3)nc12. The lowest BCUT2D eigenvalue weighted by Crippen LogP contribution is -2.27. The van der Waals surface area contributed by atoms with Crippen molar-refractivity contribution in [3.8, 4) is 0 Å². The minimum absolute atomic E-state index is 0.0859. The number of amides is 1. The number of carbonyl (C=O) groups excluding carboxylic acids is 1. The molecule has 0 aromatic carbocycles. The molecule has 7 nitrogen and oxygen atoms in total. The molecule has 108 valence electrons. The summed E-state index contributed by atoms with van der Waals surface area (Å²) in [6.45, 7) is 2.56. The second-order valence-corrected chi connectivity index (χ2v) is 4.91. The second kappa shape index (κ2) is 5.35. The third-order valence-electron chi connectivity index (χ3n) is 3.25. The minimum Gasteiger partial charge on any atom is -0.350 e. The number of hydrogen-bond donors (Lipinski definition) is 1. The van der Waals surface area contributed by atoms with E-state index in [2.05, 4.69) is 20.5 Å². The number of hydrogen-bond acceptors (Lipinski definition) is 4. The van der Waals surface area contributed by atoms with Gasteiger partial charge < -0.3 is 5.32 Å². The van der Waals surface area contributed by atoms with Gasteiger partial charge in [0.1, 0.15) is 17.6 Å². The first-order valence-electron chi connectivity index (χ1n) is 6.66. The topological polar surface area (TPSA) is 77.6 Å². The summed E-state index contributed by atoms with van der Waals surface area (Å²) in [5.74, 6) is -0.0859. The smallest absolute Gasteiger partial charge is 0.242 e. The van der Waals surface area contributed by atoms with Crippen LogP contribution >= 0.6 is 0 Å². The standard InChI is InChI=1S/C14H16N6O/c1-10-14-12(19(2)17-10)8-20(18-14)9-13(21)16-7-11-4-3-5-15-6-11/h3-6,8H,7,9H2,1-2H3,(H,16,21). The lowest BCUT2D eigenvalue weighted by molar-refractivity contribution is -0.122. The van der Waals surface area contributed by atoms with Crippen molar-refractivity contribution in [3.63, 3.8) is 0 Å². The lowest BCUT2D eigenvalue weighted by Gasteiger charge is -2.05. The average molecular weight is 284 g/mol. The largest absolute Gasteiger partial charge is 0.350 e. The van der Waals surface area contributed by atoms with Crippen LogP contribution in [0, 0.1) is 6.92 Å². The monoisotopic (exact) mass is 284 g/mol. The first-order valence-corrected chi connectivity index (χ1v) is 6.66. The van der Waals surface area contributed by atoms with Crippen LogP contribution in [0.2, 0.25) is 0 Å². The van der Waals surface area contributed by atoms with Gasteiger partial charge in [-0.05, 0) is 18.6 Å². The van der Waals surface area contributed by atoms with Crippen LogP contribution in [0.4, 0.5) is 0 Å². The highest BCUT2D eigenvalue weighted by molar-refractivity contribution is 5.79. The van der Waals surface area contributed by atoms with Crippen LogP contribution in [0.15, 0.2) is 30.7 Å². The average Bonchev–Trinajstić information content (AvgIpc) is 3.00. The zero-order chi connectivity index (χ0) is 14.8. The Morgan fingerprint density at radius 3 is 2.95 bits per heavy atom. The maximum absolute atomic E-state index is 11.9. The molecular weight excluding hydrogens is 268 g/mol. The first-order chi connectivity index (χ1) is 10.1. The van der Waals surface area contributed by atoms with Crippen LogP contribution in [0.1, 0.15) is 11.3 Å². The van der Waals surface area contributed by atoms with Crippen molar-refractivity contribution in [3.05, 3.63) is 42.0 Å². The van der Waals surface area contributed by atoms with Gasteiger partial charge in [0, 0.05) is 26.0 Å². The first kappa shape index (κ1) is 13.3. The van der Waals surface area contributed by atoms with Gasteiger partial charge in [0.15, 0.2) is 0 Å². The second-order valence-electron chi connectivity index (χ2n) is 4.91. The van der Waals surface area contributed by atoms with Crippen LogP contribution in [0.5, 0.6) is 0 Å². The van der Waals surface area contributed by atoms with Crippen molar-refractivity contribution in [2.75, 3.05) is 0 Å². The molecule has 0 aliphatic carbocycles. The van der Waals surface area contributed by atoms with Gasteiger partial charge >= 0.3 is 0 Å². The highest BCUT2D eigenvalue weighted by atomic mass is 16.2. The van der Waals surface area contributed by atoms with Crippen LogP contribution in [-0.2, 0) is 24.9 Å². The summed E-state index contributed by atoms with van der Waals surface area (Å²) in [5, 5.41) is 11.5. The fraction of sp³-hybridized carbons (Fsp3) is 0.286. The number of aromatic nitrogens is 5. The van der Waals surface area contributed by atoms with Gasteiger partial charge in [0.2, 0.25) is 5.91 Å². The Labute approximate surface area is 121 Å². The van der Waals surface area contributed by atoms with Crippen LogP contribution in [0.3, 0.4) is 0 Å². The third kappa shape index (κ3) is 2.76. The summed E-state index contributed by atoms with van der Waals surface area (Å²) in [6.07, 6.45) is 5.27. The van der Waals surface area contributed by atoms with Gasteiger partial charge in [-0.2, -0.15) is 10.2 Å². The van der Waals surface area contributed by atoms with E-state index < -0.39 is 0 Å². The predicted molar refractivity (Wildman–Crippen MR) is 77.3 cm³/mol. The highest BCUT2D eigenvalue weighted by Crippen LogP contribution is 2.14. The Morgan fingerprint density at radius 2 is 2.24 bits per heavy atom. The number of nitrogens with zero attached hydrogens (tertiary/aromatic N) is 5. The summed E-state index contributed by atoms with van der Waals surface area (Å²) in [7, 11) is 1.86. The molecule has 1 N–H and O–H groups in total. The summed E-state index contributed by atoms with van der Waals surface area (Å²) in [4.78, 5) is 15.9. The number of aryl methyl sites for hydroxylation is 2. The molecule has 0 radical (unpaired) electrons. The van der Waals surface area contributed by atoms with E-state index in [9.17, 15) is 4.79 Å². The molecule has 3 aromatic heterocycles. The molecule has 3 heterocycles.